The second-order valence-corrected chi connectivity index (χ2v) is 4.20. The second-order valence-electron chi connectivity index (χ2n) is 4.20. The first-order valence-electron chi connectivity index (χ1n) is 5.87. The molecule has 7 heteroatoms. The third-order valence-corrected chi connectivity index (χ3v) is 2.73. The smallest absolute Gasteiger partial charge is 0.358 e. The Kier molecular flexibility index (Phi) is 4.82. The van der Waals surface area contributed by atoms with E-state index in [4.69, 9.17) is 0 Å². The van der Waals surface area contributed by atoms with E-state index in [2.05, 4.69) is 11.9 Å². The van der Waals surface area contributed by atoms with Gasteiger partial charge in [-0.3, -0.25) is 9.36 Å². The summed E-state index contributed by atoms with van der Waals surface area (Å²) in [6.45, 7) is 4.49. The largest absolute Gasteiger partial charge is 0.381 e. The van der Waals surface area contributed by atoms with Gasteiger partial charge < -0.3 is 15.0 Å². The Labute approximate surface area is 106 Å². The van der Waals surface area contributed by atoms with E-state index in [0.717, 1.165) is 12.8 Å². The number of nitrogens with zero attached hydrogens (tertiary/aromatic N) is 4. The zero-order valence-electron chi connectivity index (χ0n) is 10.9. The molecular formula is C11H18N4O3. The molecule has 0 saturated carbocycles. The third kappa shape index (κ3) is 3.54. The maximum absolute atomic E-state index is 11.9. The van der Waals surface area contributed by atoms with Gasteiger partial charge in [0, 0.05) is 20.5 Å². The molecule has 0 aliphatic rings. The Morgan fingerprint density at radius 1 is 1.61 bits per heavy atom. The molecule has 0 aliphatic heterocycles. The van der Waals surface area contributed by atoms with Crippen LogP contribution in [-0.4, -0.2) is 38.9 Å². The highest BCUT2D eigenvalue weighted by Gasteiger charge is 2.18. The fraction of sp³-hybridized carbons (Fsp3) is 0.636. The van der Waals surface area contributed by atoms with Crippen LogP contribution in [0.1, 0.15) is 25.6 Å². The predicted octanol–water partition coefficient (Wildman–Crippen LogP) is 1.36. The van der Waals surface area contributed by atoms with Crippen molar-refractivity contribution in [1.29, 1.82) is 0 Å². The summed E-state index contributed by atoms with van der Waals surface area (Å²) in [5, 5.41) is 10.6. The van der Waals surface area contributed by atoms with E-state index in [-0.39, 0.29) is 18.3 Å². The van der Waals surface area contributed by atoms with E-state index in [1.54, 1.807) is 18.9 Å². The molecule has 1 aromatic heterocycles. The number of amides is 1. The normalized spacial score (nSPS) is 10.4. The Morgan fingerprint density at radius 3 is 2.78 bits per heavy atom. The Morgan fingerprint density at radius 2 is 2.28 bits per heavy atom. The van der Waals surface area contributed by atoms with E-state index >= 15 is 0 Å². The molecular weight excluding hydrogens is 236 g/mol. The van der Waals surface area contributed by atoms with Crippen LogP contribution in [0.2, 0.25) is 0 Å². The highest BCUT2D eigenvalue weighted by atomic mass is 16.6. The van der Waals surface area contributed by atoms with Crippen molar-refractivity contribution in [1.82, 2.24) is 14.5 Å². The van der Waals surface area contributed by atoms with E-state index in [1.165, 1.54) is 10.8 Å². The van der Waals surface area contributed by atoms with Crippen molar-refractivity contribution in [3.8, 4) is 0 Å². The number of carbonyl (C=O) groups excluding carboxylic acids is 1. The highest BCUT2D eigenvalue weighted by Crippen LogP contribution is 2.10. The summed E-state index contributed by atoms with van der Waals surface area (Å²) >= 11 is 0. The minimum atomic E-state index is -0.561. The molecule has 0 aliphatic carbocycles. The van der Waals surface area contributed by atoms with Crippen molar-refractivity contribution in [2.24, 2.45) is 0 Å². The summed E-state index contributed by atoms with van der Waals surface area (Å²) in [7, 11) is 1.73. The van der Waals surface area contributed by atoms with Gasteiger partial charge in [0.15, 0.2) is 0 Å². The van der Waals surface area contributed by atoms with E-state index in [0.29, 0.717) is 12.4 Å². The lowest BCUT2D eigenvalue weighted by molar-refractivity contribution is -0.389. The molecule has 100 valence electrons. The van der Waals surface area contributed by atoms with Crippen LogP contribution in [0.25, 0.3) is 0 Å². The lowest BCUT2D eigenvalue weighted by Crippen LogP contribution is -2.31. The average molecular weight is 254 g/mol. The van der Waals surface area contributed by atoms with Crippen molar-refractivity contribution in [2.45, 2.75) is 33.2 Å². The van der Waals surface area contributed by atoms with Crippen LogP contribution >= 0.6 is 0 Å². The number of carbonyl (C=O) groups is 1. The van der Waals surface area contributed by atoms with Gasteiger partial charge in [-0.2, -0.15) is 0 Å². The first kappa shape index (κ1) is 14.1. The summed E-state index contributed by atoms with van der Waals surface area (Å²) in [5.41, 5.74) is 0. The van der Waals surface area contributed by atoms with Crippen molar-refractivity contribution >= 4 is 11.7 Å². The lowest BCUT2D eigenvalue weighted by Gasteiger charge is -2.16. The maximum atomic E-state index is 11.9. The SMILES string of the molecule is CCCCN(C)C(=O)Cn1cc([N+](=O)[O-])nc1C. The molecule has 0 radical (unpaired) electrons. The molecule has 7 nitrogen and oxygen atoms in total. The van der Waals surface area contributed by atoms with E-state index in [1.807, 2.05) is 0 Å². The van der Waals surface area contributed by atoms with Crippen LogP contribution in [0.3, 0.4) is 0 Å². The monoisotopic (exact) mass is 254 g/mol. The zero-order valence-corrected chi connectivity index (χ0v) is 10.9. The summed E-state index contributed by atoms with van der Waals surface area (Å²) < 4.78 is 1.50. The molecule has 1 aromatic rings. The summed E-state index contributed by atoms with van der Waals surface area (Å²) in [6.07, 6.45) is 3.26. The van der Waals surface area contributed by atoms with Crippen LogP contribution in [0.5, 0.6) is 0 Å². The summed E-state index contributed by atoms with van der Waals surface area (Å²) in [5.74, 6) is 0.175. The Balaban J connectivity index is 2.66. The van der Waals surface area contributed by atoms with Crippen LogP contribution in [0, 0.1) is 17.0 Å². The molecule has 0 saturated heterocycles. The molecule has 0 spiro atoms. The molecule has 0 unspecified atom stereocenters. The van der Waals surface area contributed by atoms with Crippen LogP contribution < -0.4 is 0 Å². The number of hydrogen-bond donors (Lipinski definition) is 0. The van der Waals surface area contributed by atoms with Crippen molar-refractivity contribution < 1.29 is 9.72 Å². The first-order chi connectivity index (χ1) is 8.45. The lowest BCUT2D eigenvalue weighted by atomic mass is 10.3. The van der Waals surface area contributed by atoms with Gasteiger partial charge in [0.1, 0.15) is 12.7 Å². The molecule has 0 atom stereocenters. The van der Waals surface area contributed by atoms with Crippen LogP contribution in [0.4, 0.5) is 5.82 Å². The maximum Gasteiger partial charge on any atom is 0.381 e. The minimum Gasteiger partial charge on any atom is -0.358 e. The third-order valence-electron chi connectivity index (χ3n) is 2.73. The average Bonchev–Trinajstić information content (AvgIpc) is 2.68. The Hall–Kier alpha value is -1.92. The van der Waals surface area contributed by atoms with Gasteiger partial charge in [-0.15, -0.1) is 0 Å². The first-order valence-corrected chi connectivity index (χ1v) is 5.87. The molecule has 0 aromatic carbocycles. The quantitative estimate of drug-likeness (QED) is 0.567. The van der Waals surface area contributed by atoms with Crippen molar-refractivity contribution in [3.63, 3.8) is 0 Å². The summed E-state index contributed by atoms with van der Waals surface area (Å²) in [6, 6.07) is 0. The topological polar surface area (TPSA) is 81.3 Å². The van der Waals surface area contributed by atoms with Crippen molar-refractivity contribution in [2.75, 3.05) is 13.6 Å². The number of nitro groups is 1. The molecule has 1 rings (SSSR count). The van der Waals surface area contributed by atoms with Gasteiger partial charge in [-0.05, 0) is 16.3 Å². The standard InChI is InChI=1S/C11H18N4O3/c1-4-5-6-13(3)11(16)8-14-7-10(15(17)18)12-9(14)2/h7H,4-6,8H2,1-3H3. The number of aryl methyl sites for hydroxylation is 1. The second kappa shape index (κ2) is 6.13. The van der Waals surface area contributed by atoms with E-state index in [9.17, 15) is 14.9 Å². The van der Waals surface area contributed by atoms with Crippen LogP contribution in [0.15, 0.2) is 6.20 Å². The number of likely N-dealkylation sites (N-methyl/N-ethyl adjacent to an activating group) is 1. The minimum absolute atomic E-state index is 0.0705. The highest BCUT2D eigenvalue weighted by molar-refractivity contribution is 5.75. The summed E-state index contributed by atoms with van der Waals surface area (Å²) in [4.78, 5) is 27.3. The molecule has 18 heavy (non-hydrogen) atoms. The Bertz CT molecular complexity index is 441. The number of hydrogen-bond acceptors (Lipinski definition) is 4. The van der Waals surface area contributed by atoms with Gasteiger partial charge in [-0.25, -0.2) is 0 Å². The van der Waals surface area contributed by atoms with Gasteiger partial charge >= 0.3 is 5.82 Å². The predicted molar refractivity (Wildman–Crippen MR) is 66.2 cm³/mol. The molecule has 1 heterocycles. The molecule has 0 N–H and O–H groups in total. The van der Waals surface area contributed by atoms with Gasteiger partial charge in [0.25, 0.3) is 0 Å². The number of unbranched alkanes of at least 4 members (excludes halogenated alkanes) is 1. The molecule has 1 amide bonds. The fourth-order valence-electron chi connectivity index (χ4n) is 1.53. The number of aromatic nitrogens is 2. The van der Waals surface area contributed by atoms with Crippen LogP contribution in [-0.2, 0) is 11.3 Å². The molecule has 0 bridgehead atoms. The zero-order chi connectivity index (χ0) is 13.7. The van der Waals surface area contributed by atoms with Gasteiger partial charge in [0.05, 0.1) is 0 Å². The van der Waals surface area contributed by atoms with Crippen molar-refractivity contribution in [3.05, 3.63) is 22.1 Å². The van der Waals surface area contributed by atoms with Gasteiger partial charge in [0.2, 0.25) is 11.7 Å². The number of imidazole rings is 1. The molecule has 0 fully saturated rings. The number of rotatable bonds is 6. The van der Waals surface area contributed by atoms with Gasteiger partial charge in [-0.1, -0.05) is 13.3 Å². The van der Waals surface area contributed by atoms with E-state index < -0.39 is 4.92 Å². The fourth-order valence-corrected chi connectivity index (χ4v) is 1.53.